The van der Waals surface area contributed by atoms with Crippen molar-refractivity contribution in [2.75, 3.05) is 0 Å². The Balaban J connectivity index is 1.67. The molecular formula is C22H13ClN2O. The number of fused-ring (bicyclic) bond motifs is 3. The summed E-state index contributed by atoms with van der Waals surface area (Å²) in [5.41, 5.74) is 4.36. The Morgan fingerprint density at radius 2 is 1.42 bits per heavy atom. The van der Waals surface area contributed by atoms with Gasteiger partial charge < -0.3 is 4.42 Å². The highest BCUT2D eigenvalue weighted by molar-refractivity contribution is 6.29. The Kier molecular flexibility index (Phi) is 3.47. The minimum Gasteiger partial charge on any atom is -0.456 e. The fraction of sp³-hybridized carbons (Fsp3) is 0. The first-order valence-corrected chi connectivity index (χ1v) is 8.67. The van der Waals surface area contributed by atoms with Crippen LogP contribution in [0.15, 0.2) is 83.3 Å². The first-order chi connectivity index (χ1) is 12.8. The Bertz CT molecular complexity index is 1250. The molecule has 0 radical (unpaired) electrons. The molecule has 3 aromatic carbocycles. The van der Waals surface area contributed by atoms with Crippen LogP contribution in [0.3, 0.4) is 0 Å². The normalized spacial score (nSPS) is 11.3. The fourth-order valence-electron chi connectivity index (χ4n) is 3.17. The lowest BCUT2D eigenvalue weighted by atomic mass is 10.1. The van der Waals surface area contributed by atoms with E-state index in [-0.39, 0.29) is 0 Å². The second-order valence-corrected chi connectivity index (χ2v) is 6.46. The number of nitrogens with zero attached hydrogens (tertiary/aromatic N) is 2. The first kappa shape index (κ1) is 15.1. The van der Waals surface area contributed by atoms with Gasteiger partial charge in [-0.15, -0.1) is 0 Å². The molecule has 0 aliphatic carbocycles. The number of halogens is 1. The van der Waals surface area contributed by atoms with Gasteiger partial charge in [0.25, 0.3) is 0 Å². The zero-order chi connectivity index (χ0) is 17.5. The average molecular weight is 357 g/mol. The van der Waals surface area contributed by atoms with Crippen LogP contribution in [0.25, 0.3) is 44.6 Å². The molecule has 0 amide bonds. The van der Waals surface area contributed by atoms with Crippen LogP contribution < -0.4 is 0 Å². The van der Waals surface area contributed by atoms with Gasteiger partial charge >= 0.3 is 0 Å². The van der Waals surface area contributed by atoms with Crippen LogP contribution in [0.5, 0.6) is 0 Å². The molecule has 0 bridgehead atoms. The number of para-hydroxylation sites is 1. The summed E-state index contributed by atoms with van der Waals surface area (Å²) in [4.78, 5) is 9.10. The molecule has 0 saturated carbocycles. The van der Waals surface area contributed by atoms with Gasteiger partial charge in [-0.3, -0.25) is 0 Å². The molecule has 124 valence electrons. The van der Waals surface area contributed by atoms with Gasteiger partial charge in [0, 0.05) is 28.0 Å². The van der Waals surface area contributed by atoms with E-state index < -0.39 is 0 Å². The Morgan fingerprint density at radius 1 is 0.654 bits per heavy atom. The second-order valence-electron chi connectivity index (χ2n) is 6.07. The van der Waals surface area contributed by atoms with Crippen molar-refractivity contribution in [3.8, 4) is 22.6 Å². The van der Waals surface area contributed by atoms with Crippen molar-refractivity contribution in [3.63, 3.8) is 0 Å². The van der Waals surface area contributed by atoms with Crippen LogP contribution in [0.4, 0.5) is 0 Å². The van der Waals surface area contributed by atoms with E-state index in [0.29, 0.717) is 11.0 Å². The van der Waals surface area contributed by atoms with Crippen molar-refractivity contribution in [3.05, 3.63) is 84.0 Å². The number of hydrogen-bond donors (Lipinski definition) is 0. The third-order valence-corrected chi connectivity index (χ3v) is 4.60. The number of furan rings is 1. The SMILES string of the molecule is Clc1cc(-c2ccccc2)nc(-c2ccc3c(c2)oc2ccccc23)n1. The lowest BCUT2D eigenvalue weighted by Crippen LogP contribution is -1.93. The van der Waals surface area contributed by atoms with E-state index in [1.165, 1.54) is 0 Å². The molecular weight excluding hydrogens is 344 g/mol. The van der Waals surface area contributed by atoms with Crippen LogP contribution in [0.2, 0.25) is 5.15 Å². The van der Waals surface area contributed by atoms with Crippen LogP contribution >= 0.6 is 11.6 Å². The summed E-state index contributed by atoms with van der Waals surface area (Å²) in [5, 5.41) is 2.60. The highest BCUT2D eigenvalue weighted by atomic mass is 35.5. The van der Waals surface area contributed by atoms with Gasteiger partial charge in [0.15, 0.2) is 5.82 Å². The summed E-state index contributed by atoms with van der Waals surface area (Å²) in [6.45, 7) is 0. The molecule has 26 heavy (non-hydrogen) atoms. The Morgan fingerprint density at radius 3 is 2.31 bits per heavy atom. The maximum atomic E-state index is 6.26. The number of aromatic nitrogens is 2. The van der Waals surface area contributed by atoms with Crippen molar-refractivity contribution in [2.24, 2.45) is 0 Å². The number of hydrogen-bond acceptors (Lipinski definition) is 3. The predicted octanol–water partition coefficient (Wildman–Crippen LogP) is 6.36. The van der Waals surface area contributed by atoms with Crippen molar-refractivity contribution < 1.29 is 4.42 Å². The molecule has 0 spiro atoms. The van der Waals surface area contributed by atoms with Crippen molar-refractivity contribution in [1.29, 1.82) is 0 Å². The molecule has 0 aliphatic heterocycles. The standard InChI is InChI=1S/C22H13ClN2O/c23-21-13-18(14-6-2-1-3-7-14)24-22(25-21)15-10-11-17-16-8-4-5-9-19(16)26-20(17)12-15/h1-13H. The van der Waals surface area contributed by atoms with E-state index in [1.807, 2.05) is 66.7 Å². The van der Waals surface area contributed by atoms with E-state index in [4.69, 9.17) is 21.0 Å². The lowest BCUT2D eigenvalue weighted by Gasteiger charge is -2.05. The summed E-state index contributed by atoms with van der Waals surface area (Å²) in [5.74, 6) is 0.582. The van der Waals surface area contributed by atoms with Crippen LogP contribution in [-0.4, -0.2) is 9.97 Å². The van der Waals surface area contributed by atoms with Crippen LogP contribution in [0.1, 0.15) is 0 Å². The molecule has 0 unspecified atom stereocenters. The lowest BCUT2D eigenvalue weighted by molar-refractivity contribution is 0.669. The minimum absolute atomic E-state index is 0.415. The molecule has 2 heterocycles. The first-order valence-electron chi connectivity index (χ1n) is 8.30. The van der Waals surface area contributed by atoms with Gasteiger partial charge in [0.05, 0.1) is 5.69 Å². The van der Waals surface area contributed by atoms with Gasteiger partial charge in [-0.05, 0) is 18.2 Å². The molecule has 2 aromatic heterocycles. The highest BCUT2D eigenvalue weighted by Crippen LogP contribution is 2.32. The molecule has 3 nitrogen and oxygen atoms in total. The topological polar surface area (TPSA) is 38.9 Å². The summed E-state index contributed by atoms with van der Waals surface area (Å²) < 4.78 is 5.97. The smallest absolute Gasteiger partial charge is 0.161 e. The summed E-state index contributed by atoms with van der Waals surface area (Å²) in [6.07, 6.45) is 0. The highest BCUT2D eigenvalue weighted by Gasteiger charge is 2.11. The van der Waals surface area contributed by atoms with E-state index in [0.717, 1.165) is 38.8 Å². The zero-order valence-corrected chi connectivity index (χ0v) is 14.4. The van der Waals surface area contributed by atoms with Crippen LogP contribution in [0, 0.1) is 0 Å². The van der Waals surface area contributed by atoms with Crippen molar-refractivity contribution in [1.82, 2.24) is 9.97 Å². The maximum Gasteiger partial charge on any atom is 0.161 e. The quantitative estimate of drug-likeness (QED) is 0.345. The number of rotatable bonds is 2. The zero-order valence-electron chi connectivity index (χ0n) is 13.7. The molecule has 0 saturated heterocycles. The fourth-order valence-corrected chi connectivity index (χ4v) is 3.35. The van der Waals surface area contributed by atoms with E-state index in [9.17, 15) is 0 Å². The molecule has 5 rings (SSSR count). The van der Waals surface area contributed by atoms with E-state index in [1.54, 1.807) is 6.07 Å². The summed E-state index contributed by atoms with van der Waals surface area (Å²) in [7, 11) is 0. The molecule has 0 N–H and O–H groups in total. The summed E-state index contributed by atoms with van der Waals surface area (Å²) in [6, 6.07) is 25.7. The third-order valence-electron chi connectivity index (χ3n) is 4.40. The molecule has 4 heteroatoms. The van der Waals surface area contributed by atoms with Crippen LogP contribution in [-0.2, 0) is 0 Å². The molecule has 0 atom stereocenters. The van der Waals surface area contributed by atoms with Gasteiger partial charge in [0.2, 0.25) is 0 Å². The monoisotopic (exact) mass is 356 g/mol. The molecule has 0 fully saturated rings. The van der Waals surface area contributed by atoms with Gasteiger partial charge in [-0.2, -0.15) is 0 Å². The number of benzene rings is 3. The average Bonchev–Trinajstić information content (AvgIpc) is 3.06. The van der Waals surface area contributed by atoms with Gasteiger partial charge in [-0.25, -0.2) is 9.97 Å². The van der Waals surface area contributed by atoms with Crippen molar-refractivity contribution in [2.45, 2.75) is 0 Å². The maximum absolute atomic E-state index is 6.26. The third kappa shape index (κ3) is 2.54. The second kappa shape index (κ2) is 5.97. The largest absolute Gasteiger partial charge is 0.456 e. The van der Waals surface area contributed by atoms with Gasteiger partial charge in [0.1, 0.15) is 16.3 Å². The minimum atomic E-state index is 0.415. The molecule has 0 aliphatic rings. The Labute approximate surface area is 154 Å². The predicted molar refractivity (Wildman–Crippen MR) is 105 cm³/mol. The van der Waals surface area contributed by atoms with Gasteiger partial charge in [-0.1, -0.05) is 66.2 Å². The van der Waals surface area contributed by atoms with E-state index in [2.05, 4.69) is 11.1 Å². The Hall–Kier alpha value is -3.17. The van der Waals surface area contributed by atoms with Crippen molar-refractivity contribution >= 4 is 33.5 Å². The molecule has 5 aromatic rings. The summed E-state index contributed by atoms with van der Waals surface area (Å²) >= 11 is 6.26. The van der Waals surface area contributed by atoms with E-state index >= 15 is 0 Å².